The van der Waals surface area contributed by atoms with Gasteiger partial charge in [0, 0.05) is 30.1 Å². The lowest BCUT2D eigenvalue weighted by molar-refractivity contribution is -0.119. The molecule has 2 aromatic rings. The third kappa shape index (κ3) is 4.52. The van der Waals surface area contributed by atoms with Crippen LogP contribution in [0.5, 0.6) is 5.75 Å². The topological polar surface area (TPSA) is 71.2 Å². The SMILES string of the molecule is CC(C)Oc1ccc(C(C[C@H]2CCC(=O)N2)c2c[nH]c(=O)c(C3CC3)c2)cc1F. The van der Waals surface area contributed by atoms with E-state index in [-0.39, 0.29) is 35.3 Å². The molecule has 1 saturated heterocycles. The van der Waals surface area contributed by atoms with E-state index in [1.165, 1.54) is 6.07 Å². The number of halogens is 1. The van der Waals surface area contributed by atoms with Crippen molar-refractivity contribution in [2.45, 2.75) is 69.9 Å². The van der Waals surface area contributed by atoms with Crippen LogP contribution in [0.4, 0.5) is 4.39 Å². The molecule has 0 radical (unpaired) electrons. The summed E-state index contributed by atoms with van der Waals surface area (Å²) in [5.74, 6) is 0.0838. The van der Waals surface area contributed by atoms with Crippen molar-refractivity contribution in [2.24, 2.45) is 0 Å². The van der Waals surface area contributed by atoms with E-state index in [9.17, 15) is 14.0 Å². The number of carbonyl (C=O) groups excluding carboxylic acids is 1. The fourth-order valence-electron chi connectivity index (χ4n) is 4.10. The van der Waals surface area contributed by atoms with Crippen molar-refractivity contribution in [1.29, 1.82) is 0 Å². The Kier molecular flexibility index (Phi) is 5.43. The maximum atomic E-state index is 14.7. The maximum absolute atomic E-state index is 14.7. The van der Waals surface area contributed by atoms with Crippen LogP contribution >= 0.6 is 0 Å². The molecule has 2 fully saturated rings. The number of benzene rings is 1. The van der Waals surface area contributed by atoms with Gasteiger partial charge in [0.15, 0.2) is 11.6 Å². The summed E-state index contributed by atoms with van der Waals surface area (Å²) < 4.78 is 20.2. The molecule has 1 unspecified atom stereocenters. The monoisotopic (exact) mass is 398 g/mol. The second-order valence-corrected chi connectivity index (χ2v) is 8.44. The minimum atomic E-state index is -0.400. The van der Waals surface area contributed by atoms with Crippen molar-refractivity contribution in [1.82, 2.24) is 10.3 Å². The molecule has 1 aromatic carbocycles. The van der Waals surface area contributed by atoms with Gasteiger partial charge in [-0.3, -0.25) is 9.59 Å². The molecule has 2 heterocycles. The highest BCUT2D eigenvalue weighted by molar-refractivity contribution is 5.78. The molecule has 1 aliphatic carbocycles. The summed E-state index contributed by atoms with van der Waals surface area (Å²) in [6, 6.07) is 7.07. The molecule has 4 rings (SSSR count). The Balaban J connectivity index is 1.69. The smallest absolute Gasteiger partial charge is 0.251 e. The van der Waals surface area contributed by atoms with Gasteiger partial charge >= 0.3 is 0 Å². The van der Waals surface area contributed by atoms with E-state index in [1.807, 2.05) is 26.0 Å². The zero-order chi connectivity index (χ0) is 20.5. The Morgan fingerprint density at radius 1 is 1.14 bits per heavy atom. The number of carbonyl (C=O) groups is 1. The predicted octanol–water partition coefficient (Wildman–Crippen LogP) is 3.98. The average Bonchev–Trinajstić information content (AvgIpc) is 3.43. The molecule has 2 N–H and O–H groups in total. The molecule has 0 spiro atoms. The normalized spacial score (nSPS) is 20.0. The molecule has 5 nitrogen and oxygen atoms in total. The van der Waals surface area contributed by atoms with Crippen molar-refractivity contribution in [2.75, 3.05) is 0 Å². The van der Waals surface area contributed by atoms with Gasteiger partial charge in [0.2, 0.25) is 5.91 Å². The van der Waals surface area contributed by atoms with E-state index in [2.05, 4.69) is 10.3 Å². The number of pyridine rings is 1. The number of hydrogen-bond acceptors (Lipinski definition) is 3. The van der Waals surface area contributed by atoms with Gasteiger partial charge in [-0.1, -0.05) is 6.07 Å². The van der Waals surface area contributed by atoms with Crippen LogP contribution in [0.3, 0.4) is 0 Å². The van der Waals surface area contributed by atoms with Gasteiger partial charge in [-0.05, 0) is 74.8 Å². The van der Waals surface area contributed by atoms with Gasteiger partial charge < -0.3 is 15.0 Å². The van der Waals surface area contributed by atoms with E-state index in [1.54, 1.807) is 12.3 Å². The van der Waals surface area contributed by atoms with E-state index in [0.717, 1.165) is 36.0 Å². The van der Waals surface area contributed by atoms with Crippen molar-refractivity contribution in [3.8, 4) is 5.75 Å². The van der Waals surface area contributed by atoms with Gasteiger partial charge in [0.25, 0.3) is 5.56 Å². The van der Waals surface area contributed by atoms with Gasteiger partial charge in [-0.2, -0.15) is 0 Å². The van der Waals surface area contributed by atoms with Crippen molar-refractivity contribution in [3.05, 3.63) is 63.3 Å². The zero-order valence-corrected chi connectivity index (χ0v) is 16.8. The first-order valence-electron chi connectivity index (χ1n) is 10.4. The van der Waals surface area contributed by atoms with Gasteiger partial charge in [-0.25, -0.2) is 4.39 Å². The highest BCUT2D eigenvalue weighted by Crippen LogP contribution is 2.40. The highest BCUT2D eigenvalue weighted by Gasteiger charge is 2.30. The Morgan fingerprint density at radius 3 is 2.55 bits per heavy atom. The van der Waals surface area contributed by atoms with Crippen LogP contribution < -0.4 is 15.6 Å². The maximum Gasteiger partial charge on any atom is 0.251 e. The third-order valence-corrected chi connectivity index (χ3v) is 5.70. The largest absolute Gasteiger partial charge is 0.488 e. The molecule has 1 aromatic heterocycles. The first kappa shape index (κ1) is 19.7. The fourth-order valence-corrected chi connectivity index (χ4v) is 4.10. The van der Waals surface area contributed by atoms with E-state index in [4.69, 9.17) is 4.74 Å². The molecular formula is C23H27FN2O3. The number of amides is 1. The average molecular weight is 398 g/mol. The third-order valence-electron chi connectivity index (χ3n) is 5.70. The summed E-state index contributed by atoms with van der Waals surface area (Å²) in [5, 5.41) is 3.01. The van der Waals surface area contributed by atoms with Crippen LogP contribution in [0.15, 0.2) is 35.3 Å². The molecule has 0 bridgehead atoms. The van der Waals surface area contributed by atoms with Crippen LogP contribution in [0.1, 0.15) is 74.5 Å². The Hall–Kier alpha value is -2.63. The number of hydrogen-bond donors (Lipinski definition) is 2. The number of nitrogens with one attached hydrogen (secondary N) is 2. The van der Waals surface area contributed by atoms with E-state index in [0.29, 0.717) is 18.8 Å². The van der Waals surface area contributed by atoms with E-state index >= 15 is 0 Å². The predicted molar refractivity (Wildman–Crippen MR) is 109 cm³/mol. The lowest BCUT2D eigenvalue weighted by Crippen LogP contribution is -2.27. The van der Waals surface area contributed by atoms with E-state index < -0.39 is 5.82 Å². The zero-order valence-electron chi connectivity index (χ0n) is 16.8. The minimum Gasteiger partial charge on any atom is -0.488 e. The summed E-state index contributed by atoms with van der Waals surface area (Å²) in [6.45, 7) is 3.72. The van der Waals surface area contributed by atoms with Crippen molar-refractivity contribution in [3.63, 3.8) is 0 Å². The van der Waals surface area contributed by atoms with Crippen molar-refractivity contribution < 1.29 is 13.9 Å². The Morgan fingerprint density at radius 2 is 1.93 bits per heavy atom. The lowest BCUT2D eigenvalue weighted by Gasteiger charge is -2.23. The van der Waals surface area contributed by atoms with Crippen LogP contribution in [-0.4, -0.2) is 23.0 Å². The Labute approximate surface area is 169 Å². The number of aromatic amines is 1. The van der Waals surface area contributed by atoms with Gasteiger partial charge in [0.1, 0.15) is 0 Å². The molecule has 1 saturated carbocycles. The summed E-state index contributed by atoms with van der Waals surface area (Å²) in [5.41, 5.74) is 2.53. The summed E-state index contributed by atoms with van der Waals surface area (Å²) in [6.07, 6.45) is 5.63. The molecular weight excluding hydrogens is 371 g/mol. The first-order chi connectivity index (χ1) is 13.9. The summed E-state index contributed by atoms with van der Waals surface area (Å²) >= 11 is 0. The number of aromatic nitrogens is 1. The second kappa shape index (κ2) is 8.01. The van der Waals surface area contributed by atoms with Crippen LogP contribution in [0.2, 0.25) is 0 Å². The number of rotatable bonds is 7. The standard InChI is InChI=1S/C23H27FN2O3/c1-13(2)29-21-7-5-15(10-20(21)24)18(11-17-6-8-22(27)26-17)16-9-19(14-3-4-14)23(28)25-12-16/h5,7,9-10,12-14,17-18H,3-4,6,8,11H2,1-2H3,(H,25,28)(H,26,27)/t17-,18?/m1/s1. The van der Waals surface area contributed by atoms with Crippen molar-refractivity contribution >= 4 is 5.91 Å². The highest BCUT2D eigenvalue weighted by atomic mass is 19.1. The lowest BCUT2D eigenvalue weighted by atomic mass is 9.85. The van der Waals surface area contributed by atoms with Crippen LogP contribution in [0.25, 0.3) is 0 Å². The molecule has 154 valence electrons. The second-order valence-electron chi connectivity index (χ2n) is 8.44. The molecule has 1 aliphatic heterocycles. The molecule has 6 heteroatoms. The first-order valence-corrected chi connectivity index (χ1v) is 10.4. The van der Waals surface area contributed by atoms with Gasteiger partial charge in [0.05, 0.1) is 6.10 Å². The molecule has 2 atom stereocenters. The Bertz CT molecular complexity index is 965. The molecule has 1 amide bonds. The van der Waals surface area contributed by atoms with Gasteiger partial charge in [-0.15, -0.1) is 0 Å². The number of ether oxygens (including phenoxy) is 1. The van der Waals surface area contributed by atoms with Crippen LogP contribution in [0, 0.1) is 5.82 Å². The quantitative estimate of drug-likeness (QED) is 0.741. The molecule has 2 aliphatic rings. The minimum absolute atomic E-state index is 0.0402. The fraction of sp³-hybridized carbons (Fsp3) is 0.478. The summed E-state index contributed by atoms with van der Waals surface area (Å²) in [7, 11) is 0. The molecule has 29 heavy (non-hydrogen) atoms. The summed E-state index contributed by atoms with van der Waals surface area (Å²) in [4.78, 5) is 26.7. The van der Waals surface area contributed by atoms with Crippen LogP contribution in [-0.2, 0) is 4.79 Å². The number of H-pyrrole nitrogens is 1.